The van der Waals surface area contributed by atoms with Crippen LogP contribution in [0.1, 0.15) is 16.8 Å². The van der Waals surface area contributed by atoms with Gasteiger partial charge in [-0.05, 0) is 29.6 Å². The molecule has 3 heterocycles. The van der Waals surface area contributed by atoms with Gasteiger partial charge in [0.2, 0.25) is 0 Å². The standard InChI is InChI=1S/C17H15N3O4S/c21-17(22)10-1-2-13(14(7-10)24-11-3-5-23-8-11)20-15-12-4-6-25-16(12)19-9-18-15/h1-2,4,6-7,9,11H,3,5,8H2,(H,21,22)(H,18,19,20). The summed E-state index contributed by atoms with van der Waals surface area (Å²) in [6, 6.07) is 6.69. The highest BCUT2D eigenvalue weighted by atomic mass is 32.1. The highest BCUT2D eigenvalue weighted by molar-refractivity contribution is 7.16. The minimum Gasteiger partial charge on any atom is -0.486 e. The molecule has 128 valence electrons. The van der Waals surface area contributed by atoms with E-state index in [0.717, 1.165) is 16.6 Å². The number of anilines is 2. The summed E-state index contributed by atoms with van der Waals surface area (Å²) >= 11 is 1.53. The zero-order valence-electron chi connectivity index (χ0n) is 13.1. The number of carboxylic acid groups (broad SMARTS) is 1. The zero-order chi connectivity index (χ0) is 17.2. The van der Waals surface area contributed by atoms with E-state index in [4.69, 9.17) is 9.47 Å². The number of fused-ring (bicyclic) bond motifs is 1. The van der Waals surface area contributed by atoms with Gasteiger partial charge in [0.05, 0.1) is 29.9 Å². The first-order valence-corrected chi connectivity index (χ1v) is 8.65. The van der Waals surface area contributed by atoms with E-state index in [2.05, 4.69) is 15.3 Å². The van der Waals surface area contributed by atoms with E-state index in [0.29, 0.717) is 30.5 Å². The molecule has 1 unspecified atom stereocenters. The summed E-state index contributed by atoms with van der Waals surface area (Å²) in [6.07, 6.45) is 2.19. The summed E-state index contributed by atoms with van der Waals surface area (Å²) in [5.74, 6) is 0.126. The third-order valence-corrected chi connectivity index (χ3v) is 4.75. The molecule has 0 aliphatic carbocycles. The molecule has 2 N–H and O–H groups in total. The van der Waals surface area contributed by atoms with Crippen molar-refractivity contribution < 1.29 is 19.4 Å². The fraction of sp³-hybridized carbons (Fsp3) is 0.235. The first-order valence-electron chi connectivity index (χ1n) is 7.77. The molecule has 0 radical (unpaired) electrons. The van der Waals surface area contributed by atoms with Crippen molar-refractivity contribution in [2.24, 2.45) is 0 Å². The summed E-state index contributed by atoms with van der Waals surface area (Å²) in [6.45, 7) is 1.15. The van der Waals surface area contributed by atoms with E-state index < -0.39 is 5.97 Å². The molecule has 1 aliphatic heterocycles. The summed E-state index contributed by atoms with van der Waals surface area (Å²) in [4.78, 5) is 20.7. The molecule has 1 atom stereocenters. The Bertz CT molecular complexity index is 921. The smallest absolute Gasteiger partial charge is 0.335 e. The molecule has 0 spiro atoms. The van der Waals surface area contributed by atoms with Crippen LogP contribution < -0.4 is 10.1 Å². The number of nitrogens with one attached hydrogen (secondary N) is 1. The van der Waals surface area contributed by atoms with Crippen molar-refractivity contribution in [2.75, 3.05) is 18.5 Å². The SMILES string of the molecule is O=C(O)c1ccc(Nc2ncnc3sccc23)c(OC2CCOC2)c1. The van der Waals surface area contributed by atoms with Crippen molar-refractivity contribution in [3.8, 4) is 5.75 Å². The van der Waals surface area contributed by atoms with Crippen LogP contribution in [0.4, 0.5) is 11.5 Å². The van der Waals surface area contributed by atoms with Crippen LogP contribution in [0.5, 0.6) is 5.75 Å². The van der Waals surface area contributed by atoms with Crippen LogP contribution >= 0.6 is 11.3 Å². The lowest BCUT2D eigenvalue weighted by atomic mass is 10.1. The average molecular weight is 357 g/mol. The van der Waals surface area contributed by atoms with Crippen LogP contribution in [0.2, 0.25) is 0 Å². The van der Waals surface area contributed by atoms with E-state index >= 15 is 0 Å². The van der Waals surface area contributed by atoms with Crippen LogP contribution in [0.15, 0.2) is 36.0 Å². The number of carbonyl (C=O) groups is 1. The fourth-order valence-corrected chi connectivity index (χ4v) is 3.39. The van der Waals surface area contributed by atoms with Gasteiger partial charge in [-0.25, -0.2) is 14.8 Å². The van der Waals surface area contributed by atoms with Gasteiger partial charge in [0, 0.05) is 6.42 Å². The lowest BCUT2D eigenvalue weighted by Crippen LogP contribution is -2.17. The second kappa shape index (κ2) is 6.66. The maximum atomic E-state index is 11.3. The van der Waals surface area contributed by atoms with Crippen LogP contribution in [-0.4, -0.2) is 40.4 Å². The molecule has 8 heteroatoms. The number of nitrogens with zero attached hydrogens (tertiary/aromatic N) is 2. The third-order valence-electron chi connectivity index (χ3n) is 3.92. The van der Waals surface area contributed by atoms with Crippen molar-refractivity contribution in [2.45, 2.75) is 12.5 Å². The molecule has 0 saturated carbocycles. The quantitative estimate of drug-likeness (QED) is 0.723. The van der Waals surface area contributed by atoms with Gasteiger partial charge in [-0.3, -0.25) is 0 Å². The Morgan fingerprint density at radius 1 is 1.36 bits per heavy atom. The Hall–Kier alpha value is -2.71. The van der Waals surface area contributed by atoms with Crippen LogP contribution in [0.25, 0.3) is 10.2 Å². The van der Waals surface area contributed by atoms with E-state index in [-0.39, 0.29) is 11.7 Å². The van der Waals surface area contributed by atoms with Gasteiger partial charge in [0.1, 0.15) is 28.8 Å². The summed E-state index contributed by atoms with van der Waals surface area (Å²) < 4.78 is 11.3. The lowest BCUT2D eigenvalue weighted by molar-refractivity contribution is 0.0696. The number of thiophene rings is 1. The first kappa shape index (κ1) is 15.8. The predicted octanol–water partition coefficient (Wildman–Crippen LogP) is 3.30. The maximum absolute atomic E-state index is 11.3. The fourth-order valence-electron chi connectivity index (χ4n) is 2.66. The molecule has 25 heavy (non-hydrogen) atoms. The number of carboxylic acids is 1. The van der Waals surface area contributed by atoms with Gasteiger partial charge in [0.15, 0.2) is 0 Å². The highest BCUT2D eigenvalue weighted by Gasteiger charge is 2.20. The van der Waals surface area contributed by atoms with Crippen molar-refractivity contribution in [3.63, 3.8) is 0 Å². The molecule has 1 aromatic carbocycles. The third kappa shape index (κ3) is 3.26. The Balaban J connectivity index is 1.69. The molecule has 1 fully saturated rings. The second-order valence-corrected chi connectivity index (χ2v) is 6.50. The van der Waals surface area contributed by atoms with Crippen molar-refractivity contribution in [3.05, 3.63) is 41.5 Å². The molecular weight excluding hydrogens is 342 g/mol. The van der Waals surface area contributed by atoms with Crippen LogP contribution in [-0.2, 0) is 4.74 Å². The number of hydrogen-bond acceptors (Lipinski definition) is 7. The molecule has 3 aromatic rings. The molecule has 0 bridgehead atoms. The van der Waals surface area contributed by atoms with Gasteiger partial charge in [-0.15, -0.1) is 11.3 Å². The Kier molecular flexibility index (Phi) is 4.21. The van der Waals surface area contributed by atoms with Crippen LogP contribution in [0.3, 0.4) is 0 Å². The van der Waals surface area contributed by atoms with Gasteiger partial charge < -0.3 is 19.9 Å². The maximum Gasteiger partial charge on any atom is 0.335 e. The molecule has 1 saturated heterocycles. The van der Waals surface area contributed by atoms with Gasteiger partial charge >= 0.3 is 5.97 Å². The Labute approximate surface area is 147 Å². The van der Waals surface area contributed by atoms with Crippen molar-refractivity contribution in [1.82, 2.24) is 9.97 Å². The number of rotatable bonds is 5. The number of aromatic nitrogens is 2. The molecule has 2 aromatic heterocycles. The van der Waals surface area contributed by atoms with Crippen molar-refractivity contribution in [1.29, 1.82) is 0 Å². The Morgan fingerprint density at radius 3 is 3.08 bits per heavy atom. The van der Waals surface area contributed by atoms with Crippen molar-refractivity contribution >= 4 is 39.0 Å². The highest BCUT2D eigenvalue weighted by Crippen LogP contribution is 2.33. The Morgan fingerprint density at radius 2 is 2.28 bits per heavy atom. The van der Waals surface area contributed by atoms with E-state index in [1.54, 1.807) is 6.07 Å². The van der Waals surface area contributed by atoms with E-state index in [1.807, 2.05) is 11.4 Å². The van der Waals surface area contributed by atoms with Gasteiger partial charge in [-0.1, -0.05) is 0 Å². The molecule has 0 amide bonds. The normalized spacial score (nSPS) is 16.9. The summed E-state index contributed by atoms with van der Waals surface area (Å²) in [5.41, 5.74) is 0.825. The number of aromatic carboxylic acids is 1. The van der Waals surface area contributed by atoms with E-state index in [1.165, 1.54) is 29.8 Å². The first-order chi connectivity index (χ1) is 12.2. The van der Waals surface area contributed by atoms with Gasteiger partial charge in [0.25, 0.3) is 0 Å². The molecule has 7 nitrogen and oxygen atoms in total. The average Bonchev–Trinajstić information content (AvgIpc) is 3.28. The number of hydrogen-bond donors (Lipinski definition) is 2. The summed E-state index contributed by atoms with van der Waals surface area (Å²) in [5, 5.41) is 15.3. The monoisotopic (exact) mass is 357 g/mol. The van der Waals surface area contributed by atoms with Crippen LogP contribution in [0, 0.1) is 0 Å². The largest absolute Gasteiger partial charge is 0.486 e. The summed E-state index contributed by atoms with van der Waals surface area (Å²) in [7, 11) is 0. The zero-order valence-corrected chi connectivity index (χ0v) is 14.0. The predicted molar refractivity (Wildman–Crippen MR) is 94.0 cm³/mol. The molecule has 4 rings (SSSR count). The molecular formula is C17H15N3O4S. The molecule has 1 aliphatic rings. The minimum atomic E-state index is -0.999. The number of benzene rings is 1. The lowest BCUT2D eigenvalue weighted by Gasteiger charge is -2.17. The number of ether oxygens (including phenoxy) is 2. The minimum absolute atomic E-state index is 0.0869. The van der Waals surface area contributed by atoms with Gasteiger partial charge in [-0.2, -0.15) is 0 Å². The topological polar surface area (TPSA) is 93.6 Å². The second-order valence-electron chi connectivity index (χ2n) is 5.61. The van der Waals surface area contributed by atoms with E-state index in [9.17, 15) is 9.90 Å².